The van der Waals surface area contributed by atoms with Crippen LogP contribution in [-0.2, 0) is 0 Å². The highest BCUT2D eigenvalue weighted by molar-refractivity contribution is 5.94. The number of piperazine rings is 1. The molecule has 2 aliphatic rings. The number of nitrogens with zero attached hydrogens (tertiary/aromatic N) is 6. The number of benzene rings is 1. The number of amides is 1. The lowest BCUT2D eigenvalue weighted by Crippen LogP contribution is -2.49. The van der Waals surface area contributed by atoms with Crippen LogP contribution in [-0.4, -0.2) is 64.8 Å². The Morgan fingerprint density at radius 1 is 0.700 bits per heavy atom. The summed E-state index contributed by atoms with van der Waals surface area (Å²) < 4.78 is 2.03. The van der Waals surface area contributed by atoms with Gasteiger partial charge in [-0.05, 0) is 61.4 Å². The van der Waals surface area contributed by atoms with Crippen LogP contribution >= 0.6 is 0 Å². The van der Waals surface area contributed by atoms with Crippen LogP contribution in [0.1, 0.15) is 23.2 Å². The molecule has 4 heterocycles. The highest BCUT2D eigenvalue weighted by Crippen LogP contribution is 2.20. The van der Waals surface area contributed by atoms with Gasteiger partial charge in [0.1, 0.15) is 0 Å². The standard InChI is InChI=1S/C23H26N6O/c30-23(19-5-7-20(8-6-19)26-11-1-2-12-26)29-17-15-28(16-18-29)22-10-9-21(24-25-22)27-13-3-4-14-27/h1-2,5-12H,3-4,13-18H2. The van der Waals surface area contributed by atoms with Crippen molar-refractivity contribution in [1.82, 2.24) is 19.7 Å². The summed E-state index contributed by atoms with van der Waals surface area (Å²) in [6.07, 6.45) is 6.45. The van der Waals surface area contributed by atoms with Crippen molar-refractivity contribution in [3.05, 3.63) is 66.5 Å². The van der Waals surface area contributed by atoms with Gasteiger partial charge in [-0.3, -0.25) is 4.79 Å². The number of hydrogen-bond donors (Lipinski definition) is 0. The van der Waals surface area contributed by atoms with E-state index in [9.17, 15) is 4.79 Å². The Morgan fingerprint density at radius 3 is 1.83 bits per heavy atom. The summed E-state index contributed by atoms with van der Waals surface area (Å²) in [6, 6.07) is 15.9. The molecule has 0 unspecified atom stereocenters. The quantitative estimate of drug-likeness (QED) is 0.672. The number of carbonyl (C=O) groups is 1. The molecule has 1 aromatic carbocycles. The van der Waals surface area contributed by atoms with E-state index in [1.165, 1.54) is 12.8 Å². The van der Waals surface area contributed by atoms with Gasteiger partial charge < -0.3 is 19.3 Å². The zero-order valence-corrected chi connectivity index (χ0v) is 17.0. The van der Waals surface area contributed by atoms with E-state index in [0.717, 1.165) is 49.1 Å². The topological polar surface area (TPSA) is 57.5 Å². The van der Waals surface area contributed by atoms with Crippen LogP contribution in [0.3, 0.4) is 0 Å². The minimum absolute atomic E-state index is 0.0872. The second kappa shape index (κ2) is 8.18. The van der Waals surface area contributed by atoms with Gasteiger partial charge >= 0.3 is 0 Å². The summed E-state index contributed by atoms with van der Waals surface area (Å²) in [6.45, 7) is 5.06. The minimum atomic E-state index is 0.0872. The predicted molar refractivity (Wildman–Crippen MR) is 117 cm³/mol. The lowest BCUT2D eigenvalue weighted by Gasteiger charge is -2.35. The Balaban J connectivity index is 1.18. The Labute approximate surface area is 176 Å². The van der Waals surface area contributed by atoms with Gasteiger partial charge in [0.25, 0.3) is 5.91 Å². The van der Waals surface area contributed by atoms with Crippen LogP contribution in [0.15, 0.2) is 60.9 Å². The summed E-state index contributed by atoms with van der Waals surface area (Å²) >= 11 is 0. The Hall–Kier alpha value is -3.35. The zero-order valence-electron chi connectivity index (χ0n) is 17.0. The van der Waals surface area contributed by atoms with Gasteiger partial charge in [0.05, 0.1) is 0 Å². The van der Waals surface area contributed by atoms with Crippen LogP contribution in [0.25, 0.3) is 5.69 Å². The molecule has 0 N–H and O–H groups in total. The molecule has 3 aromatic rings. The summed E-state index contributed by atoms with van der Waals surface area (Å²) in [5, 5.41) is 8.86. The van der Waals surface area contributed by atoms with Crippen LogP contribution in [0.5, 0.6) is 0 Å². The van der Waals surface area contributed by atoms with Crippen LogP contribution in [0.2, 0.25) is 0 Å². The van der Waals surface area contributed by atoms with Gasteiger partial charge in [-0.15, -0.1) is 10.2 Å². The fourth-order valence-electron chi connectivity index (χ4n) is 4.21. The lowest BCUT2D eigenvalue weighted by molar-refractivity contribution is 0.0746. The van der Waals surface area contributed by atoms with Crippen molar-refractivity contribution < 1.29 is 4.79 Å². The summed E-state index contributed by atoms with van der Waals surface area (Å²) in [4.78, 5) is 19.3. The first-order valence-electron chi connectivity index (χ1n) is 10.6. The third kappa shape index (κ3) is 3.75. The molecule has 2 saturated heterocycles. The fourth-order valence-corrected chi connectivity index (χ4v) is 4.21. The molecule has 7 heteroatoms. The largest absolute Gasteiger partial charge is 0.355 e. The smallest absolute Gasteiger partial charge is 0.253 e. The highest BCUT2D eigenvalue weighted by Gasteiger charge is 2.23. The van der Waals surface area contributed by atoms with Crippen LogP contribution in [0, 0.1) is 0 Å². The molecule has 2 aromatic heterocycles. The third-order valence-electron chi connectivity index (χ3n) is 5.97. The van der Waals surface area contributed by atoms with E-state index >= 15 is 0 Å². The Kier molecular flexibility index (Phi) is 5.09. The SMILES string of the molecule is O=C(c1ccc(-n2cccc2)cc1)N1CCN(c2ccc(N3CCCC3)nn2)CC1. The first-order chi connectivity index (χ1) is 14.8. The van der Waals surface area contributed by atoms with Crippen molar-refractivity contribution >= 4 is 17.5 Å². The molecule has 7 nitrogen and oxygen atoms in total. The molecule has 0 saturated carbocycles. The van der Waals surface area contributed by atoms with Crippen molar-refractivity contribution in [2.24, 2.45) is 0 Å². The highest BCUT2D eigenvalue weighted by atomic mass is 16.2. The summed E-state index contributed by atoms with van der Waals surface area (Å²) in [5.74, 6) is 1.94. The number of rotatable bonds is 4. The molecule has 154 valence electrons. The monoisotopic (exact) mass is 402 g/mol. The molecule has 0 bridgehead atoms. The molecular weight excluding hydrogens is 376 g/mol. The second-order valence-electron chi connectivity index (χ2n) is 7.86. The van der Waals surface area contributed by atoms with Crippen molar-refractivity contribution in [1.29, 1.82) is 0 Å². The van der Waals surface area contributed by atoms with Crippen molar-refractivity contribution in [3.63, 3.8) is 0 Å². The van der Waals surface area contributed by atoms with Crippen molar-refractivity contribution in [2.75, 3.05) is 49.1 Å². The summed E-state index contributed by atoms with van der Waals surface area (Å²) in [5.41, 5.74) is 1.78. The Bertz CT molecular complexity index is 970. The normalized spacial score (nSPS) is 16.9. The van der Waals surface area contributed by atoms with E-state index in [2.05, 4.69) is 32.1 Å². The second-order valence-corrected chi connectivity index (χ2v) is 7.86. The predicted octanol–water partition coefficient (Wildman–Crippen LogP) is 2.83. The average molecular weight is 403 g/mol. The first kappa shape index (κ1) is 18.7. The molecule has 0 spiro atoms. The van der Waals surface area contributed by atoms with E-state index in [4.69, 9.17) is 0 Å². The van der Waals surface area contributed by atoms with Crippen LogP contribution in [0.4, 0.5) is 11.6 Å². The Morgan fingerprint density at radius 2 is 1.27 bits per heavy atom. The summed E-state index contributed by atoms with van der Waals surface area (Å²) in [7, 11) is 0. The van der Waals surface area contributed by atoms with Gasteiger partial charge in [0, 0.05) is 62.9 Å². The van der Waals surface area contributed by atoms with E-state index in [-0.39, 0.29) is 5.91 Å². The molecular formula is C23H26N6O. The number of aromatic nitrogens is 3. The van der Waals surface area contributed by atoms with Crippen molar-refractivity contribution in [3.8, 4) is 5.69 Å². The van der Waals surface area contributed by atoms with Gasteiger partial charge in [0.15, 0.2) is 11.6 Å². The average Bonchev–Trinajstić information content (AvgIpc) is 3.54. The maximum Gasteiger partial charge on any atom is 0.253 e. The molecule has 0 aliphatic carbocycles. The van der Waals surface area contributed by atoms with Crippen molar-refractivity contribution in [2.45, 2.75) is 12.8 Å². The van der Waals surface area contributed by atoms with Gasteiger partial charge in [0.2, 0.25) is 0 Å². The van der Waals surface area contributed by atoms with E-state index in [0.29, 0.717) is 13.1 Å². The fraction of sp³-hybridized carbons (Fsp3) is 0.348. The number of carbonyl (C=O) groups excluding carboxylic acids is 1. The first-order valence-corrected chi connectivity index (χ1v) is 10.6. The number of anilines is 2. The van der Waals surface area contributed by atoms with Gasteiger partial charge in [-0.1, -0.05) is 0 Å². The van der Waals surface area contributed by atoms with E-state index in [1.54, 1.807) is 0 Å². The van der Waals surface area contributed by atoms with E-state index in [1.807, 2.05) is 58.3 Å². The molecule has 5 rings (SSSR count). The molecule has 30 heavy (non-hydrogen) atoms. The zero-order chi connectivity index (χ0) is 20.3. The molecule has 2 aliphatic heterocycles. The van der Waals surface area contributed by atoms with Gasteiger partial charge in [-0.2, -0.15) is 0 Å². The third-order valence-corrected chi connectivity index (χ3v) is 5.97. The maximum atomic E-state index is 12.9. The molecule has 0 radical (unpaired) electrons. The number of hydrogen-bond acceptors (Lipinski definition) is 5. The maximum absolute atomic E-state index is 12.9. The molecule has 0 atom stereocenters. The van der Waals surface area contributed by atoms with E-state index < -0.39 is 0 Å². The molecule has 1 amide bonds. The van der Waals surface area contributed by atoms with Gasteiger partial charge in [-0.25, -0.2) is 0 Å². The molecule has 2 fully saturated rings. The lowest BCUT2D eigenvalue weighted by atomic mass is 10.1. The van der Waals surface area contributed by atoms with Crippen LogP contribution < -0.4 is 9.80 Å². The minimum Gasteiger partial charge on any atom is -0.355 e.